The molecule has 5 atom stereocenters. The van der Waals surface area contributed by atoms with E-state index in [-0.39, 0.29) is 52.2 Å². The van der Waals surface area contributed by atoms with Crippen molar-refractivity contribution >= 4 is 16.8 Å². The Morgan fingerprint density at radius 2 is 1.41 bits per heavy atom. The molecule has 0 saturated carbocycles. The number of benzene rings is 3. The first kappa shape index (κ1) is 31.9. The lowest BCUT2D eigenvalue weighted by Crippen LogP contribution is -2.48. The standard InChI is InChI=1S/C31H32O13/c1-13(3-8-19(34)16-9-21(36)27(40)22(37)10-16)25(38)29(42)26(39)14(2)43-31-28(41)24-20(35)11-18(33)12-23(24)44-30(31)15-4-6-17(32)7-5-15/h4-7,9-14,25-26,29,32-33,35-40,42H,3,8H2,1-2H3/t13?,14-,25-,26?,29?/m1/s1. The lowest BCUT2D eigenvalue weighted by Gasteiger charge is -2.30. The summed E-state index contributed by atoms with van der Waals surface area (Å²) in [4.78, 5) is 26.0. The Morgan fingerprint density at radius 3 is 2.02 bits per heavy atom. The number of carbonyl (C=O) groups is 1. The average molecular weight is 613 g/mol. The first-order chi connectivity index (χ1) is 20.7. The highest BCUT2D eigenvalue weighted by Crippen LogP contribution is 2.38. The predicted molar refractivity (Wildman–Crippen MR) is 155 cm³/mol. The van der Waals surface area contributed by atoms with Gasteiger partial charge in [0.2, 0.25) is 11.2 Å². The van der Waals surface area contributed by atoms with E-state index in [9.17, 15) is 55.5 Å². The van der Waals surface area contributed by atoms with Gasteiger partial charge in [0, 0.05) is 29.7 Å². The van der Waals surface area contributed by atoms with Crippen molar-refractivity contribution in [1.82, 2.24) is 0 Å². The fraction of sp³-hybridized carbons (Fsp3) is 0.290. The van der Waals surface area contributed by atoms with Crippen molar-refractivity contribution in [3.05, 3.63) is 64.3 Å². The number of ketones is 1. The van der Waals surface area contributed by atoms with Gasteiger partial charge in [0.1, 0.15) is 46.5 Å². The van der Waals surface area contributed by atoms with Gasteiger partial charge >= 0.3 is 0 Å². The fourth-order valence-corrected chi connectivity index (χ4v) is 4.69. The van der Waals surface area contributed by atoms with Gasteiger partial charge < -0.3 is 55.1 Å². The number of aliphatic hydroxyl groups excluding tert-OH is 3. The van der Waals surface area contributed by atoms with E-state index in [1.807, 2.05) is 0 Å². The molecule has 1 heterocycles. The Balaban J connectivity index is 1.53. The van der Waals surface area contributed by atoms with Gasteiger partial charge in [-0.2, -0.15) is 0 Å². The molecule has 13 heteroatoms. The van der Waals surface area contributed by atoms with Crippen LogP contribution in [0, 0.1) is 5.92 Å². The first-order valence-corrected chi connectivity index (χ1v) is 13.5. The van der Waals surface area contributed by atoms with E-state index in [4.69, 9.17) is 9.15 Å². The molecule has 0 aliphatic rings. The lowest BCUT2D eigenvalue weighted by molar-refractivity contribution is -0.108. The molecule has 0 fully saturated rings. The number of rotatable bonds is 11. The summed E-state index contributed by atoms with van der Waals surface area (Å²) in [6.07, 6.45) is -6.65. The third kappa shape index (κ3) is 6.49. The lowest BCUT2D eigenvalue weighted by atomic mass is 9.89. The molecule has 234 valence electrons. The highest BCUT2D eigenvalue weighted by atomic mass is 16.5. The Morgan fingerprint density at radius 1 is 0.795 bits per heavy atom. The topological polar surface area (TPSA) is 239 Å². The minimum Gasteiger partial charge on any atom is -0.508 e. The normalized spacial score (nSPS) is 14.9. The number of fused-ring (bicyclic) bond motifs is 1. The maximum atomic E-state index is 13.5. The third-order valence-electron chi connectivity index (χ3n) is 7.33. The number of phenols is 6. The number of hydrogen-bond donors (Lipinski definition) is 9. The van der Waals surface area contributed by atoms with E-state index < -0.39 is 70.3 Å². The minimum atomic E-state index is -1.81. The SMILES string of the molecule is CC(CCC(=O)c1cc(O)c(O)c(O)c1)[C@@H](O)C(O)C(O)[C@@H](C)Oc1c(-c2ccc(O)cc2)oc2cc(O)cc(O)c2c1=O. The van der Waals surface area contributed by atoms with Crippen molar-refractivity contribution in [3.63, 3.8) is 0 Å². The molecule has 13 nitrogen and oxygen atoms in total. The zero-order chi connectivity index (χ0) is 32.5. The van der Waals surface area contributed by atoms with Crippen molar-refractivity contribution in [2.24, 2.45) is 5.92 Å². The zero-order valence-corrected chi connectivity index (χ0v) is 23.6. The first-order valence-electron chi connectivity index (χ1n) is 13.5. The summed E-state index contributed by atoms with van der Waals surface area (Å²) in [5, 5.41) is 90.7. The van der Waals surface area contributed by atoms with E-state index in [2.05, 4.69) is 0 Å². The number of hydrogen-bond acceptors (Lipinski definition) is 13. The Hall–Kier alpha value is -4.98. The summed E-state index contributed by atoms with van der Waals surface area (Å²) in [7, 11) is 0. The number of aromatic hydroxyl groups is 6. The second kappa shape index (κ2) is 12.7. The molecular weight excluding hydrogens is 580 g/mol. The van der Waals surface area contributed by atoms with Gasteiger partial charge in [-0.3, -0.25) is 9.59 Å². The van der Waals surface area contributed by atoms with Crippen LogP contribution in [0.5, 0.6) is 40.2 Å². The molecule has 0 aliphatic heterocycles. The van der Waals surface area contributed by atoms with Gasteiger partial charge in [-0.15, -0.1) is 0 Å². The van der Waals surface area contributed by atoms with Crippen molar-refractivity contribution < 1.29 is 59.9 Å². The second-order valence-electron chi connectivity index (χ2n) is 10.6. The van der Waals surface area contributed by atoms with Crippen molar-refractivity contribution in [1.29, 1.82) is 0 Å². The average Bonchev–Trinajstić information content (AvgIpc) is 2.98. The smallest absolute Gasteiger partial charge is 0.239 e. The van der Waals surface area contributed by atoms with E-state index in [0.717, 1.165) is 24.3 Å². The summed E-state index contributed by atoms with van der Waals surface area (Å²) < 4.78 is 11.6. The summed E-state index contributed by atoms with van der Waals surface area (Å²) >= 11 is 0. The summed E-state index contributed by atoms with van der Waals surface area (Å²) in [5.41, 5.74) is -0.857. The van der Waals surface area contributed by atoms with Crippen molar-refractivity contribution in [3.8, 4) is 51.6 Å². The summed E-state index contributed by atoms with van der Waals surface area (Å²) in [6.45, 7) is 2.84. The third-order valence-corrected chi connectivity index (χ3v) is 7.33. The molecule has 4 rings (SSSR count). The number of aliphatic hydroxyl groups is 3. The van der Waals surface area contributed by atoms with E-state index in [0.29, 0.717) is 0 Å². The van der Waals surface area contributed by atoms with Gasteiger partial charge in [0.15, 0.2) is 28.8 Å². The van der Waals surface area contributed by atoms with Crippen LogP contribution in [0.15, 0.2) is 57.7 Å². The van der Waals surface area contributed by atoms with Gasteiger partial charge in [-0.1, -0.05) is 6.92 Å². The molecule has 1 aromatic heterocycles. The predicted octanol–water partition coefficient (Wildman–Crippen LogP) is 2.84. The molecule has 0 aliphatic carbocycles. The molecule has 4 aromatic rings. The van der Waals surface area contributed by atoms with Crippen molar-refractivity contribution in [2.45, 2.75) is 51.1 Å². The van der Waals surface area contributed by atoms with Gasteiger partial charge in [-0.05, 0) is 55.7 Å². The van der Waals surface area contributed by atoms with Gasteiger partial charge in [-0.25, -0.2) is 0 Å². The molecule has 0 saturated heterocycles. The van der Waals surface area contributed by atoms with Crippen LogP contribution in [0.2, 0.25) is 0 Å². The van der Waals surface area contributed by atoms with Crippen LogP contribution in [0.4, 0.5) is 0 Å². The molecule has 0 spiro atoms. The number of phenolic OH excluding ortho intramolecular Hbond substituents is 6. The zero-order valence-electron chi connectivity index (χ0n) is 23.6. The highest BCUT2D eigenvalue weighted by Gasteiger charge is 2.35. The van der Waals surface area contributed by atoms with E-state index in [1.165, 1.54) is 38.1 Å². The Bertz CT molecular complexity index is 1700. The van der Waals surface area contributed by atoms with E-state index >= 15 is 0 Å². The van der Waals surface area contributed by atoms with E-state index in [1.54, 1.807) is 0 Å². The van der Waals surface area contributed by atoms with Crippen LogP contribution in [-0.4, -0.2) is 76.2 Å². The van der Waals surface area contributed by atoms with Gasteiger partial charge in [0.25, 0.3) is 0 Å². The molecule has 0 amide bonds. The molecular formula is C31H32O13. The van der Waals surface area contributed by atoms with Gasteiger partial charge in [0.05, 0.1) is 6.10 Å². The number of carbonyl (C=O) groups excluding carboxylic acids is 1. The number of ether oxygens (including phenoxy) is 1. The van der Waals surface area contributed by atoms with Crippen LogP contribution in [0.3, 0.4) is 0 Å². The van der Waals surface area contributed by atoms with Crippen LogP contribution < -0.4 is 10.2 Å². The maximum Gasteiger partial charge on any atom is 0.239 e. The Labute approximate surface area is 249 Å². The molecule has 44 heavy (non-hydrogen) atoms. The number of Topliss-reactive ketones (excluding diaryl/α,β-unsaturated/α-hetero) is 1. The highest BCUT2D eigenvalue weighted by molar-refractivity contribution is 5.97. The van der Waals surface area contributed by atoms with Crippen LogP contribution in [0.1, 0.15) is 37.0 Å². The molecule has 0 radical (unpaired) electrons. The van der Waals surface area contributed by atoms with Crippen LogP contribution >= 0.6 is 0 Å². The summed E-state index contributed by atoms with van der Waals surface area (Å²) in [6, 6.07) is 9.48. The maximum absolute atomic E-state index is 13.5. The molecule has 3 aromatic carbocycles. The summed E-state index contributed by atoms with van der Waals surface area (Å²) in [5.74, 6) is -5.10. The minimum absolute atomic E-state index is 0.0206. The van der Waals surface area contributed by atoms with Crippen LogP contribution in [-0.2, 0) is 0 Å². The van der Waals surface area contributed by atoms with Crippen LogP contribution in [0.25, 0.3) is 22.3 Å². The second-order valence-corrected chi connectivity index (χ2v) is 10.6. The largest absolute Gasteiger partial charge is 0.508 e. The monoisotopic (exact) mass is 612 g/mol. The molecule has 3 unspecified atom stereocenters. The Kier molecular flexibility index (Phi) is 9.23. The molecule has 0 bridgehead atoms. The molecule has 9 N–H and O–H groups in total. The van der Waals surface area contributed by atoms with Crippen molar-refractivity contribution in [2.75, 3.05) is 0 Å². The fourth-order valence-electron chi connectivity index (χ4n) is 4.69. The quantitative estimate of drug-likeness (QED) is 0.0876.